The average molecular weight is 240 g/mol. The van der Waals surface area contributed by atoms with Crippen molar-refractivity contribution in [1.82, 2.24) is 10.2 Å². The second-order valence-electron chi connectivity index (χ2n) is 5.83. The zero-order chi connectivity index (χ0) is 12.5. The summed E-state index contributed by atoms with van der Waals surface area (Å²) in [5.41, 5.74) is -0.747. The van der Waals surface area contributed by atoms with E-state index >= 15 is 0 Å². The lowest BCUT2D eigenvalue weighted by Crippen LogP contribution is -2.52. The van der Waals surface area contributed by atoms with E-state index in [0.717, 1.165) is 25.9 Å². The highest BCUT2D eigenvalue weighted by Crippen LogP contribution is 2.25. The van der Waals surface area contributed by atoms with Crippen molar-refractivity contribution in [3.63, 3.8) is 0 Å². The monoisotopic (exact) mass is 240 g/mol. The summed E-state index contributed by atoms with van der Waals surface area (Å²) in [6.45, 7) is 6.08. The van der Waals surface area contributed by atoms with Crippen LogP contribution in [-0.4, -0.2) is 46.7 Å². The van der Waals surface area contributed by atoms with Gasteiger partial charge >= 0.3 is 5.97 Å². The summed E-state index contributed by atoms with van der Waals surface area (Å²) in [5, 5.41) is 12.6. The topological polar surface area (TPSA) is 52.6 Å². The molecule has 1 aliphatic heterocycles. The Morgan fingerprint density at radius 1 is 1.47 bits per heavy atom. The fourth-order valence-corrected chi connectivity index (χ4v) is 2.61. The van der Waals surface area contributed by atoms with Crippen LogP contribution in [0.1, 0.15) is 46.0 Å². The summed E-state index contributed by atoms with van der Waals surface area (Å²) in [5.74, 6) is -0.712. The first-order valence-corrected chi connectivity index (χ1v) is 6.76. The van der Waals surface area contributed by atoms with Gasteiger partial charge in [0, 0.05) is 18.6 Å². The molecule has 17 heavy (non-hydrogen) atoms. The van der Waals surface area contributed by atoms with Gasteiger partial charge in [-0.15, -0.1) is 0 Å². The fraction of sp³-hybridized carbons (Fsp3) is 0.923. The second kappa shape index (κ2) is 4.94. The van der Waals surface area contributed by atoms with E-state index < -0.39 is 11.5 Å². The highest BCUT2D eigenvalue weighted by Gasteiger charge is 2.38. The summed E-state index contributed by atoms with van der Waals surface area (Å²) in [4.78, 5) is 13.8. The minimum Gasteiger partial charge on any atom is -0.480 e. The van der Waals surface area contributed by atoms with Gasteiger partial charge in [0.2, 0.25) is 0 Å². The Morgan fingerprint density at radius 2 is 2.18 bits per heavy atom. The molecule has 2 rings (SSSR count). The maximum absolute atomic E-state index is 11.4. The quantitative estimate of drug-likeness (QED) is 0.738. The van der Waals surface area contributed by atoms with Gasteiger partial charge in [-0.2, -0.15) is 0 Å². The molecular weight excluding hydrogens is 216 g/mol. The molecule has 1 heterocycles. The van der Waals surface area contributed by atoms with Gasteiger partial charge in [0.05, 0.1) is 0 Å². The molecule has 1 aliphatic carbocycles. The standard InChI is InChI=1S/C13H24N2O2/c1-10-4-3-8-15(10)9-7-13(2,12(16)17)14-11-5-6-11/h10-11,14H,3-9H2,1-2H3,(H,16,17). The summed E-state index contributed by atoms with van der Waals surface area (Å²) in [6.07, 6.45) is 5.45. The number of hydrogen-bond donors (Lipinski definition) is 2. The zero-order valence-corrected chi connectivity index (χ0v) is 10.9. The number of nitrogens with zero attached hydrogens (tertiary/aromatic N) is 1. The van der Waals surface area contributed by atoms with E-state index in [4.69, 9.17) is 0 Å². The first-order valence-electron chi connectivity index (χ1n) is 6.76. The van der Waals surface area contributed by atoms with Crippen LogP contribution in [0, 0.1) is 0 Å². The lowest BCUT2D eigenvalue weighted by atomic mass is 9.97. The van der Waals surface area contributed by atoms with Crippen molar-refractivity contribution < 1.29 is 9.90 Å². The Balaban J connectivity index is 1.86. The number of nitrogens with one attached hydrogen (secondary N) is 1. The third-order valence-electron chi connectivity index (χ3n) is 4.16. The van der Waals surface area contributed by atoms with Gasteiger partial charge in [-0.05, 0) is 52.5 Å². The van der Waals surface area contributed by atoms with E-state index in [-0.39, 0.29) is 0 Å². The Bertz CT molecular complexity index is 291. The lowest BCUT2D eigenvalue weighted by molar-refractivity contribution is -0.144. The molecule has 0 aromatic carbocycles. The van der Waals surface area contributed by atoms with Gasteiger partial charge in [-0.25, -0.2) is 0 Å². The van der Waals surface area contributed by atoms with Gasteiger partial charge < -0.3 is 10.0 Å². The molecule has 2 atom stereocenters. The van der Waals surface area contributed by atoms with Crippen molar-refractivity contribution in [2.24, 2.45) is 0 Å². The first kappa shape index (κ1) is 12.8. The number of carbonyl (C=O) groups is 1. The van der Waals surface area contributed by atoms with Gasteiger partial charge in [0.15, 0.2) is 0 Å². The number of rotatable bonds is 6. The zero-order valence-electron chi connectivity index (χ0n) is 10.9. The molecule has 1 saturated heterocycles. The van der Waals surface area contributed by atoms with E-state index in [0.29, 0.717) is 18.5 Å². The molecule has 2 unspecified atom stereocenters. The van der Waals surface area contributed by atoms with Crippen LogP contribution >= 0.6 is 0 Å². The lowest BCUT2D eigenvalue weighted by Gasteiger charge is -2.30. The van der Waals surface area contributed by atoms with Crippen molar-refractivity contribution in [3.8, 4) is 0 Å². The third kappa shape index (κ3) is 3.19. The summed E-state index contributed by atoms with van der Waals surface area (Å²) >= 11 is 0. The van der Waals surface area contributed by atoms with Crippen molar-refractivity contribution >= 4 is 5.97 Å². The highest BCUT2D eigenvalue weighted by molar-refractivity contribution is 5.78. The average Bonchev–Trinajstić information content (AvgIpc) is 2.97. The van der Waals surface area contributed by atoms with Gasteiger partial charge in [-0.3, -0.25) is 10.1 Å². The van der Waals surface area contributed by atoms with Crippen molar-refractivity contribution in [1.29, 1.82) is 0 Å². The number of aliphatic carboxylic acids is 1. The molecule has 0 aromatic heterocycles. The molecule has 0 spiro atoms. The predicted octanol–water partition coefficient (Wildman–Crippen LogP) is 1.46. The van der Waals surface area contributed by atoms with Crippen LogP contribution in [0.15, 0.2) is 0 Å². The number of carboxylic acids is 1. The Labute approximate surface area is 103 Å². The second-order valence-corrected chi connectivity index (χ2v) is 5.83. The predicted molar refractivity (Wildman–Crippen MR) is 67.1 cm³/mol. The van der Waals surface area contributed by atoms with E-state index in [9.17, 15) is 9.90 Å². The van der Waals surface area contributed by atoms with Crippen molar-refractivity contribution in [2.45, 2.75) is 63.6 Å². The van der Waals surface area contributed by atoms with Crippen LogP contribution in [0.25, 0.3) is 0 Å². The van der Waals surface area contributed by atoms with Crippen molar-refractivity contribution in [2.75, 3.05) is 13.1 Å². The summed E-state index contributed by atoms with van der Waals surface area (Å²) < 4.78 is 0. The molecule has 2 aliphatic rings. The van der Waals surface area contributed by atoms with Crippen LogP contribution in [0.3, 0.4) is 0 Å². The maximum Gasteiger partial charge on any atom is 0.323 e. The number of hydrogen-bond acceptors (Lipinski definition) is 3. The van der Waals surface area contributed by atoms with E-state index in [2.05, 4.69) is 17.1 Å². The fourth-order valence-electron chi connectivity index (χ4n) is 2.61. The normalized spacial score (nSPS) is 29.2. The van der Waals surface area contributed by atoms with E-state index in [1.807, 2.05) is 6.92 Å². The molecule has 4 heteroatoms. The highest BCUT2D eigenvalue weighted by atomic mass is 16.4. The molecule has 0 bridgehead atoms. The summed E-state index contributed by atoms with van der Waals surface area (Å²) in [7, 11) is 0. The van der Waals surface area contributed by atoms with Crippen molar-refractivity contribution in [3.05, 3.63) is 0 Å². The molecule has 1 saturated carbocycles. The Kier molecular flexibility index (Phi) is 3.73. The molecule has 4 nitrogen and oxygen atoms in total. The number of carboxylic acid groups (broad SMARTS) is 1. The minimum absolute atomic E-state index is 0.437. The number of likely N-dealkylation sites (tertiary alicyclic amines) is 1. The summed E-state index contributed by atoms with van der Waals surface area (Å²) in [6, 6.07) is 1.06. The van der Waals surface area contributed by atoms with Crippen LogP contribution < -0.4 is 5.32 Å². The minimum atomic E-state index is -0.747. The Hall–Kier alpha value is -0.610. The maximum atomic E-state index is 11.4. The Morgan fingerprint density at radius 3 is 2.65 bits per heavy atom. The first-order chi connectivity index (χ1) is 8.01. The van der Waals surface area contributed by atoms with Gasteiger partial charge in [0.1, 0.15) is 5.54 Å². The molecule has 0 aromatic rings. The largest absolute Gasteiger partial charge is 0.480 e. The van der Waals surface area contributed by atoms with Crippen LogP contribution in [0.5, 0.6) is 0 Å². The van der Waals surface area contributed by atoms with Gasteiger partial charge in [-0.1, -0.05) is 0 Å². The molecule has 0 amide bonds. The molecular formula is C13H24N2O2. The van der Waals surface area contributed by atoms with Crippen LogP contribution in [0.2, 0.25) is 0 Å². The van der Waals surface area contributed by atoms with Crippen LogP contribution in [-0.2, 0) is 4.79 Å². The SMILES string of the molecule is CC1CCCN1CCC(C)(NC1CC1)C(=O)O. The molecule has 2 N–H and O–H groups in total. The van der Waals surface area contributed by atoms with Gasteiger partial charge in [0.25, 0.3) is 0 Å². The van der Waals surface area contributed by atoms with E-state index in [1.54, 1.807) is 0 Å². The molecule has 2 fully saturated rings. The third-order valence-corrected chi connectivity index (χ3v) is 4.16. The van der Waals surface area contributed by atoms with Crippen LogP contribution in [0.4, 0.5) is 0 Å². The molecule has 0 radical (unpaired) electrons. The molecule has 98 valence electrons. The van der Waals surface area contributed by atoms with E-state index in [1.165, 1.54) is 12.8 Å². The smallest absolute Gasteiger partial charge is 0.323 e.